The number of carboxylic acid groups (broad SMARTS) is 1. The third-order valence-corrected chi connectivity index (χ3v) is 4.22. The van der Waals surface area contributed by atoms with Crippen molar-refractivity contribution in [2.24, 2.45) is 11.3 Å². The van der Waals surface area contributed by atoms with Crippen LogP contribution in [0.25, 0.3) is 0 Å². The summed E-state index contributed by atoms with van der Waals surface area (Å²) in [7, 11) is 0. The summed E-state index contributed by atoms with van der Waals surface area (Å²) in [6.45, 7) is 3.51. The maximum absolute atomic E-state index is 12.0. The first-order valence-electron chi connectivity index (χ1n) is 6.76. The van der Waals surface area contributed by atoms with E-state index < -0.39 is 11.4 Å². The normalized spacial score (nSPS) is 29.9. The van der Waals surface area contributed by atoms with Crippen LogP contribution in [-0.2, 0) is 19.1 Å². The van der Waals surface area contributed by atoms with E-state index in [0.29, 0.717) is 39.1 Å². The number of hydrogen-bond donors (Lipinski definition) is 2. The Balaban J connectivity index is 1.91. The molecule has 2 unspecified atom stereocenters. The zero-order valence-electron chi connectivity index (χ0n) is 11.2. The lowest BCUT2D eigenvalue weighted by Gasteiger charge is -2.33. The first-order chi connectivity index (χ1) is 9.05. The van der Waals surface area contributed by atoms with E-state index in [1.54, 1.807) is 0 Å². The third kappa shape index (κ3) is 3.06. The molecule has 0 bridgehead atoms. The highest BCUT2D eigenvalue weighted by molar-refractivity contribution is 5.81. The summed E-state index contributed by atoms with van der Waals surface area (Å²) in [5, 5.41) is 12.2. The van der Waals surface area contributed by atoms with E-state index in [-0.39, 0.29) is 24.5 Å². The van der Waals surface area contributed by atoms with Crippen molar-refractivity contribution in [3.8, 4) is 0 Å². The van der Waals surface area contributed by atoms with E-state index in [1.165, 1.54) is 0 Å². The van der Waals surface area contributed by atoms with Gasteiger partial charge in [0.25, 0.3) is 0 Å². The molecule has 0 radical (unpaired) electrons. The van der Waals surface area contributed by atoms with Gasteiger partial charge in [0.1, 0.15) is 0 Å². The Labute approximate surface area is 112 Å². The number of hydrogen-bond acceptors (Lipinski definition) is 4. The Morgan fingerprint density at radius 2 is 2.00 bits per heavy atom. The van der Waals surface area contributed by atoms with Gasteiger partial charge in [-0.1, -0.05) is 0 Å². The van der Waals surface area contributed by atoms with E-state index in [0.717, 1.165) is 0 Å². The second kappa shape index (κ2) is 5.88. The van der Waals surface area contributed by atoms with Gasteiger partial charge in [-0.15, -0.1) is 0 Å². The van der Waals surface area contributed by atoms with E-state index in [2.05, 4.69) is 5.32 Å². The maximum Gasteiger partial charge on any atom is 0.311 e. The van der Waals surface area contributed by atoms with Gasteiger partial charge in [-0.2, -0.15) is 0 Å². The zero-order valence-corrected chi connectivity index (χ0v) is 11.2. The van der Waals surface area contributed by atoms with Crippen LogP contribution in [0.15, 0.2) is 0 Å². The van der Waals surface area contributed by atoms with Gasteiger partial charge in [0.05, 0.1) is 17.4 Å². The lowest BCUT2D eigenvalue weighted by Crippen LogP contribution is -2.48. The molecule has 0 spiro atoms. The van der Waals surface area contributed by atoms with Crippen LogP contribution in [0.4, 0.5) is 0 Å². The predicted molar refractivity (Wildman–Crippen MR) is 66.7 cm³/mol. The van der Waals surface area contributed by atoms with Crippen molar-refractivity contribution in [3.63, 3.8) is 0 Å². The Hall–Kier alpha value is -1.14. The second-order valence-electron chi connectivity index (χ2n) is 5.39. The molecule has 2 heterocycles. The van der Waals surface area contributed by atoms with Crippen LogP contribution in [0.3, 0.4) is 0 Å². The van der Waals surface area contributed by atoms with Crippen molar-refractivity contribution in [2.45, 2.75) is 32.3 Å². The average Bonchev–Trinajstić information content (AvgIpc) is 2.83. The molecule has 2 rings (SSSR count). The minimum absolute atomic E-state index is 0.0875. The molecule has 0 saturated carbocycles. The quantitative estimate of drug-likeness (QED) is 0.773. The van der Waals surface area contributed by atoms with Gasteiger partial charge in [0, 0.05) is 26.4 Å². The third-order valence-electron chi connectivity index (χ3n) is 4.22. The molecule has 2 fully saturated rings. The molecule has 0 aromatic carbocycles. The Morgan fingerprint density at radius 1 is 1.32 bits per heavy atom. The van der Waals surface area contributed by atoms with Crippen molar-refractivity contribution in [2.75, 3.05) is 26.4 Å². The number of rotatable bonds is 4. The van der Waals surface area contributed by atoms with Crippen LogP contribution < -0.4 is 5.32 Å². The Morgan fingerprint density at radius 3 is 2.53 bits per heavy atom. The SMILES string of the molecule is CC1OCCC1C(=O)NCC1(C(=O)O)CCOCC1. The molecule has 0 aliphatic carbocycles. The van der Waals surface area contributed by atoms with Crippen LogP contribution >= 0.6 is 0 Å². The second-order valence-corrected chi connectivity index (χ2v) is 5.39. The Bertz CT molecular complexity index is 351. The summed E-state index contributed by atoms with van der Waals surface area (Å²) >= 11 is 0. The number of amides is 1. The highest BCUT2D eigenvalue weighted by atomic mass is 16.5. The molecule has 2 saturated heterocycles. The van der Waals surface area contributed by atoms with E-state index in [1.807, 2.05) is 6.92 Å². The topological polar surface area (TPSA) is 84.9 Å². The molecule has 19 heavy (non-hydrogen) atoms. The average molecular weight is 271 g/mol. The molecule has 6 heteroatoms. The summed E-state index contributed by atoms with van der Waals surface area (Å²) in [5.41, 5.74) is -0.878. The largest absolute Gasteiger partial charge is 0.481 e. The highest BCUT2D eigenvalue weighted by Crippen LogP contribution is 2.30. The van der Waals surface area contributed by atoms with Crippen molar-refractivity contribution >= 4 is 11.9 Å². The standard InChI is InChI=1S/C13H21NO5/c1-9-10(2-5-19-9)11(15)14-8-13(12(16)17)3-6-18-7-4-13/h9-10H,2-8H2,1H3,(H,14,15)(H,16,17). The van der Waals surface area contributed by atoms with E-state index >= 15 is 0 Å². The van der Waals surface area contributed by atoms with Gasteiger partial charge < -0.3 is 19.9 Å². The number of ether oxygens (including phenoxy) is 2. The number of carbonyl (C=O) groups excluding carboxylic acids is 1. The van der Waals surface area contributed by atoms with Crippen LogP contribution in [0.2, 0.25) is 0 Å². The molecular formula is C13H21NO5. The number of nitrogens with one attached hydrogen (secondary N) is 1. The van der Waals surface area contributed by atoms with Gasteiger partial charge in [-0.05, 0) is 26.2 Å². The minimum Gasteiger partial charge on any atom is -0.481 e. The fourth-order valence-corrected chi connectivity index (χ4v) is 2.69. The molecule has 2 aliphatic heterocycles. The molecule has 6 nitrogen and oxygen atoms in total. The zero-order chi connectivity index (χ0) is 13.9. The summed E-state index contributed by atoms with van der Waals surface area (Å²) in [6, 6.07) is 0. The molecule has 0 aromatic heterocycles. The number of aliphatic carboxylic acids is 1. The lowest BCUT2D eigenvalue weighted by molar-refractivity contribution is -0.154. The molecule has 2 aliphatic rings. The van der Waals surface area contributed by atoms with E-state index in [4.69, 9.17) is 9.47 Å². The summed E-state index contributed by atoms with van der Waals surface area (Å²) in [6.07, 6.45) is 1.50. The summed E-state index contributed by atoms with van der Waals surface area (Å²) in [4.78, 5) is 23.5. The molecule has 108 valence electrons. The van der Waals surface area contributed by atoms with Gasteiger partial charge in [0.2, 0.25) is 5.91 Å². The minimum atomic E-state index is -0.878. The van der Waals surface area contributed by atoms with Crippen LogP contribution in [0.1, 0.15) is 26.2 Å². The van der Waals surface area contributed by atoms with Crippen molar-refractivity contribution in [3.05, 3.63) is 0 Å². The first kappa shape index (κ1) is 14.3. The first-order valence-corrected chi connectivity index (χ1v) is 6.76. The molecule has 1 amide bonds. The number of carboxylic acids is 1. The van der Waals surface area contributed by atoms with Gasteiger partial charge in [-0.3, -0.25) is 9.59 Å². The smallest absolute Gasteiger partial charge is 0.311 e. The monoisotopic (exact) mass is 271 g/mol. The predicted octanol–water partition coefficient (Wildman–Crippen LogP) is 0.409. The lowest BCUT2D eigenvalue weighted by atomic mass is 9.80. The van der Waals surface area contributed by atoms with E-state index in [9.17, 15) is 14.7 Å². The fraction of sp³-hybridized carbons (Fsp3) is 0.846. The van der Waals surface area contributed by atoms with Gasteiger partial charge in [0.15, 0.2) is 0 Å². The molecular weight excluding hydrogens is 250 g/mol. The molecule has 0 aromatic rings. The molecule has 2 atom stereocenters. The number of carbonyl (C=O) groups is 2. The van der Waals surface area contributed by atoms with Crippen molar-refractivity contribution < 1.29 is 24.2 Å². The Kier molecular flexibility index (Phi) is 4.42. The van der Waals surface area contributed by atoms with Crippen LogP contribution in [-0.4, -0.2) is 49.5 Å². The highest BCUT2D eigenvalue weighted by Gasteiger charge is 2.41. The van der Waals surface area contributed by atoms with Gasteiger partial charge in [-0.25, -0.2) is 0 Å². The maximum atomic E-state index is 12.0. The van der Waals surface area contributed by atoms with Crippen LogP contribution in [0.5, 0.6) is 0 Å². The van der Waals surface area contributed by atoms with Gasteiger partial charge >= 0.3 is 5.97 Å². The summed E-state index contributed by atoms with van der Waals surface area (Å²) in [5.74, 6) is -1.12. The van der Waals surface area contributed by atoms with Crippen molar-refractivity contribution in [1.82, 2.24) is 5.32 Å². The summed E-state index contributed by atoms with van der Waals surface area (Å²) < 4.78 is 10.6. The van der Waals surface area contributed by atoms with Crippen molar-refractivity contribution in [1.29, 1.82) is 0 Å². The fourth-order valence-electron chi connectivity index (χ4n) is 2.69. The molecule has 2 N–H and O–H groups in total. The van der Waals surface area contributed by atoms with Crippen LogP contribution in [0, 0.1) is 11.3 Å².